The summed E-state index contributed by atoms with van der Waals surface area (Å²) in [7, 11) is -4.08. The fourth-order valence-corrected chi connectivity index (χ4v) is 4.22. The van der Waals surface area contributed by atoms with Crippen LogP contribution in [0.25, 0.3) is 0 Å². The molecule has 1 atom stereocenters. The minimum Gasteiger partial charge on any atom is -0.444 e. The molecule has 0 aromatic heterocycles. The maximum atomic E-state index is 12.5. The number of ether oxygens (including phenoxy) is 1. The molecule has 11 heteroatoms. The Bertz CT molecular complexity index is 821. The van der Waals surface area contributed by atoms with Gasteiger partial charge in [-0.3, -0.25) is 10.1 Å². The molecule has 0 bridgehead atoms. The first-order valence-electron chi connectivity index (χ1n) is 7.83. The smallest absolute Gasteiger partial charge is 0.410 e. The SMILES string of the molecule is CC(C)(C)OC(=O)N1CC[C@@H](NS(=O)(=O)c2cc([N+](=O)[O-])ccc2Cl)C1. The molecule has 1 aromatic rings. The average molecular weight is 406 g/mol. The summed E-state index contributed by atoms with van der Waals surface area (Å²) >= 11 is 5.90. The molecule has 1 aliphatic rings. The lowest BCUT2D eigenvalue weighted by atomic mass is 10.2. The van der Waals surface area contributed by atoms with E-state index in [1.165, 1.54) is 4.90 Å². The van der Waals surface area contributed by atoms with Crippen LogP contribution in [0.4, 0.5) is 10.5 Å². The van der Waals surface area contributed by atoms with Crippen molar-refractivity contribution < 1.29 is 22.9 Å². The molecule has 0 radical (unpaired) electrons. The van der Waals surface area contributed by atoms with Gasteiger partial charge in [0.1, 0.15) is 10.5 Å². The van der Waals surface area contributed by atoms with E-state index in [0.717, 1.165) is 18.2 Å². The van der Waals surface area contributed by atoms with E-state index in [-0.39, 0.29) is 22.2 Å². The van der Waals surface area contributed by atoms with E-state index in [4.69, 9.17) is 16.3 Å². The number of hydrogen-bond donors (Lipinski definition) is 1. The van der Waals surface area contributed by atoms with Crippen LogP contribution in [0.2, 0.25) is 5.02 Å². The van der Waals surface area contributed by atoms with Gasteiger partial charge in [0.2, 0.25) is 10.0 Å². The Kier molecular flexibility index (Phi) is 5.79. The molecule has 9 nitrogen and oxygen atoms in total. The molecule has 1 N–H and O–H groups in total. The van der Waals surface area contributed by atoms with Crippen LogP contribution in [0.1, 0.15) is 27.2 Å². The molecule has 1 fully saturated rings. The molecule has 0 spiro atoms. The summed E-state index contributed by atoms with van der Waals surface area (Å²) in [5.41, 5.74) is -1.03. The van der Waals surface area contributed by atoms with Crippen LogP contribution in [0.5, 0.6) is 0 Å². The van der Waals surface area contributed by atoms with Crippen molar-refractivity contribution >= 4 is 33.4 Å². The summed E-state index contributed by atoms with van der Waals surface area (Å²) < 4.78 is 32.8. The number of halogens is 1. The van der Waals surface area contributed by atoms with Gasteiger partial charge in [0.05, 0.1) is 9.95 Å². The number of likely N-dealkylation sites (tertiary alicyclic amines) is 1. The van der Waals surface area contributed by atoms with E-state index in [1.54, 1.807) is 20.8 Å². The number of non-ortho nitro benzene ring substituents is 1. The van der Waals surface area contributed by atoms with Crippen molar-refractivity contribution in [2.45, 2.75) is 43.7 Å². The zero-order chi connectivity index (χ0) is 19.7. The Hall–Kier alpha value is -1.91. The van der Waals surface area contributed by atoms with E-state index in [2.05, 4.69) is 4.72 Å². The first-order valence-corrected chi connectivity index (χ1v) is 9.69. The number of sulfonamides is 1. The third-order valence-electron chi connectivity index (χ3n) is 3.58. The molecule has 0 unspecified atom stereocenters. The van der Waals surface area contributed by atoms with Gasteiger partial charge in [-0.15, -0.1) is 0 Å². The summed E-state index contributed by atoms with van der Waals surface area (Å²) in [5, 5.41) is 10.7. The number of nitrogens with one attached hydrogen (secondary N) is 1. The maximum absolute atomic E-state index is 12.5. The molecular weight excluding hydrogens is 386 g/mol. The highest BCUT2D eigenvalue weighted by Crippen LogP contribution is 2.27. The largest absolute Gasteiger partial charge is 0.444 e. The van der Waals surface area contributed by atoms with Crippen LogP contribution in [-0.4, -0.2) is 49.1 Å². The predicted octanol–water partition coefficient (Wildman–Crippen LogP) is 2.54. The second-order valence-electron chi connectivity index (χ2n) is 6.91. The summed E-state index contributed by atoms with van der Waals surface area (Å²) in [5.74, 6) is 0. The van der Waals surface area contributed by atoms with Crippen LogP contribution in [-0.2, 0) is 14.8 Å². The molecule has 1 aromatic carbocycles. The third kappa shape index (κ3) is 5.05. The lowest BCUT2D eigenvalue weighted by molar-refractivity contribution is -0.385. The normalized spacial score (nSPS) is 18.0. The van der Waals surface area contributed by atoms with Crippen LogP contribution in [0, 0.1) is 10.1 Å². The number of hydrogen-bond acceptors (Lipinski definition) is 6. The number of rotatable bonds is 4. The van der Waals surface area contributed by atoms with Gasteiger partial charge >= 0.3 is 6.09 Å². The Labute approximate surface area is 156 Å². The van der Waals surface area contributed by atoms with Crippen LogP contribution >= 0.6 is 11.6 Å². The second kappa shape index (κ2) is 7.37. The Morgan fingerprint density at radius 3 is 2.65 bits per heavy atom. The monoisotopic (exact) mass is 405 g/mol. The van der Waals surface area contributed by atoms with E-state index < -0.39 is 32.7 Å². The molecule has 144 valence electrons. The number of nitrogens with zero attached hydrogens (tertiary/aromatic N) is 2. The molecule has 1 amide bonds. The number of nitro groups is 1. The maximum Gasteiger partial charge on any atom is 0.410 e. The second-order valence-corrected chi connectivity index (χ2v) is 8.99. The fourth-order valence-electron chi connectivity index (χ4n) is 2.44. The molecular formula is C15H20ClN3O6S. The fraction of sp³-hybridized carbons (Fsp3) is 0.533. The Morgan fingerprint density at radius 1 is 1.42 bits per heavy atom. The van der Waals surface area contributed by atoms with E-state index in [9.17, 15) is 23.3 Å². The van der Waals surface area contributed by atoms with Crippen molar-refractivity contribution in [3.63, 3.8) is 0 Å². The first-order chi connectivity index (χ1) is 11.9. The zero-order valence-corrected chi connectivity index (χ0v) is 16.1. The summed E-state index contributed by atoms with van der Waals surface area (Å²) in [6.45, 7) is 5.70. The topological polar surface area (TPSA) is 119 Å². The Balaban J connectivity index is 2.10. The van der Waals surface area contributed by atoms with Gasteiger partial charge in [-0.1, -0.05) is 11.6 Å². The van der Waals surface area contributed by atoms with Crippen LogP contribution in [0.3, 0.4) is 0 Å². The van der Waals surface area contributed by atoms with Gasteiger partial charge in [0.15, 0.2) is 0 Å². The zero-order valence-electron chi connectivity index (χ0n) is 14.6. The average Bonchev–Trinajstić information content (AvgIpc) is 2.93. The number of benzene rings is 1. The van der Waals surface area contributed by atoms with Crippen molar-refractivity contribution in [1.82, 2.24) is 9.62 Å². The summed E-state index contributed by atoms with van der Waals surface area (Å²) in [6.07, 6.45) is -0.127. The number of amides is 1. The molecule has 26 heavy (non-hydrogen) atoms. The molecule has 0 aliphatic carbocycles. The van der Waals surface area contributed by atoms with Crippen molar-refractivity contribution in [3.8, 4) is 0 Å². The molecule has 1 saturated heterocycles. The molecule has 1 heterocycles. The van der Waals surface area contributed by atoms with E-state index >= 15 is 0 Å². The Morgan fingerprint density at radius 2 is 2.08 bits per heavy atom. The number of nitro benzene ring substituents is 1. The highest BCUT2D eigenvalue weighted by atomic mass is 35.5. The third-order valence-corrected chi connectivity index (χ3v) is 5.58. The van der Waals surface area contributed by atoms with Crippen molar-refractivity contribution in [2.24, 2.45) is 0 Å². The number of carbonyl (C=O) groups is 1. The minimum absolute atomic E-state index is 0.120. The van der Waals surface area contributed by atoms with Gasteiger partial charge in [0.25, 0.3) is 5.69 Å². The van der Waals surface area contributed by atoms with E-state index in [0.29, 0.717) is 13.0 Å². The first kappa shape index (κ1) is 20.4. The molecule has 1 aliphatic heterocycles. The van der Waals surface area contributed by atoms with Crippen molar-refractivity contribution in [2.75, 3.05) is 13.1 Å². The predicted molar refractivity (Wildman–Crippen MR) is 94.6 cm³/mol. The molecule has 2 rings (SSSR count). The van der Waals surface area contributed by atoms with Crippen molar-refractivity contribution in [3.05, 3.63) is 33.3 Å². The summed E-state index contributed by atoms with van der Waals surface area (Å²) in [4.78, 5) is 23.2. The van der Waals surface area contributed by atoms with Gasteiger partial charge < -0.3 is 9.64 Å². The van der Waals surface area contributed by atoms with Gasteiger partial charge in [0, 0.05) is 31.3 Å². The van der Waals surface area contributed by atoms with Crippen molar-refractivity contribution in [1.29, 1.82) is 0 Å². The number of carbonyl (C=O) groups excluding carboxylic acids is 1. The van der Waals surface area contributed by atoms with Gasteiger partial charge in [-0.2, -0.15) is 0 Å². The van der Waals surface area contributed by atoms with Gasteiger partial charge in [-0.25, -0.2) is 17.9 Å². The molecule has 0 saturated carbocycles. The standard InChI is InChI=1S/C15H20ClN3O6S/c1-15(2,3)25-14(20)18-7-6-10(9-18)17-26(23,24)13-8-11(19(21)22)4-5-12(13)16/h4-5,8,10,17H,6-7,9H2,1-3H3/t10-/m1/s1. The lowest BCUT2D eigenvalue weighted by Crippen LogP contribution is -2.40. The lowest BCUT2D eigenvalue weighted by Gasteiger charge is -2.24. The summed E-state index contributed by atoms with van der Waals surface area (Å²) in [6, 6.07) is 2.66. The highest BCUT2D eigenvalue weighted by molar-refractivity contribution is 7.89. The highest BCUT2D eigenvalue weighted by Gasteiger charge is 2.33. The van der Waals surface area contributed by atoms with Gasteiger partial charge in [-0.05, 0) is 33.3 Å². The van der Waals surface area contributed by atoms with Crippen LogP contribution < -0.4 is 4.72 Å². The van der Waals surface area contributed by atoms with E-state index in [1.807, 2.05) is 0 Å². The quantitative estimate of drug-likeness (QED) is 0.607. The van der Waals surface area contributed by atoms with Crippen LogP contribution in [0.15, 0.2) is 23.1 Å². The minimum atomic E-state index is -4.08.